The van der Waals surface area contributed by atoms with E-state index in [0.717, 1.165) is 31.8 Å². The summed E-state index contributed by atoms with van der Waals surface area (Å²) in [4.78, 5) is 0. The molecule has 0 amide bonds. The minimum absolute atomic E-state index is 0.416. The summed E-state index contributed by atoms with van der Waals surface area (Å²) >= 11 is 0. The minimum atomic E-state index is -0.416. The molecule has 0 bridgehead atoms. The Hall–Kier alpha value is -0.340. The molecular formula is C15H27NO. The van der Waals surface area contributed by atoms with Crippen LogP contribution in [0.5, 0.6) is 0 Å². The van der Waals surface area contributed by atoms with Crippen LogP contribution >= 0.6 is 0 Å². The molecule has 0 aromatic rings. The maximum absolute atomic E-state index is 10.5. The maximum Gasteiger partial charge on any atom is 0.0771 e. The molecule has 2 aliphatic rings. The Labute approximate surface area is 105 Å². The van der Waals surface area contributed by atoms with Gasteiger partial charge in [0.25, 0.3) is 0 Å². The van der Waals surface area contributed by atoms with E-state index in [0.29, 0.717) is 0 Å². The average molecular weight is 237 g/mol. The highest BCUT2D eigenvalue weighted by Crippen LogP contribution is 2.26. The van der Waals surface area contributed by atoms with E-state index < -0.39 is 5.60 Å². The quantitative estimate of drug-likeness (QED) is 0.582. The van der Waals surface area contributed by atoms with E-state index in [4.69, 9.17) is 0 Å². The highest BCUT2D eigenvalue weighted by Gasteiger charge is 2.27. The Bertz CT molecular complexity index is 241. The number of hydrogen-bond acceptors (Lipinski definition) is 2. The topological polar surface area (TPSA) is 32.3 Å². The molecule has 17 heavy (non-hydrogen) atoms. The fourth-order valence-corrected chi connectivity index (χ4v) is 3.11. The van der Waals surface area contributed by atoms with Gasteiger partial charge in [0.05, 0.1) is 5.60 Å². The summed E-state index contributed by atoms with van der Waals surface area (Å²) in [7, 11) is 0. The predicted octanol–water partition coefficient (Wildman–Crippen LogP) is 3.02. The third-order valence-electron chi connectivity index (χ3n) is 4.30. The van der Waals surface area contributed by atoms with Crippen molar-refractivity contribution >= 4 is 0 Å². The second-order valence-corrected chi connectivity index (χ2v) is 5.92. The normalized spacial score (nSPS) is 28.9. The van der Waals surface area contributed by atoms with Gasteiger partial charge in [0.15, 0.2) is 0 Å². The van der Waals surface area contributed by atoms with E-state index in [1.54, 1.807) is 0 Å². The van der Waals surface area contributed by atoms with Gasteiger partial charge in [-0.2, -0.15) is 0 Å². The zero-order valence-electron chi connectivity index (χ0n) is 11.0. The monoisotopic (exact) mass is 237 g/mol. The molecular weight excluding hydrogens is 210 g/mol. The SMILES string of the molecule is OC1(CNCC2CC=CCC2)CCCCCC1. The van der Waals surface area contributed by atoms with Crippen molar-refractivity contribution in [3.05, 3.63) is 12.2 Å². The van der Waals surface area contributed by atoms with Crippen LogP contribution in [0.2, 0.25) is 0 Å². The molecule has 1 saturated carbocycles. The van der Waals surface area contributed by atoms with Crippen LogP contribution in [0.1, 0.15) is 57.8 Å². The van der Waals surface area contributed by atoms with Crippen molar-refractivity contribution in [1.29, 1.82) is 0 Å². The molecule has 2 nitrogen and oxygen atoms in total. The summed E-state index contributed by atoms with van der Waals surface area (Å²) < 4.78 is 0. The van der Waals surface area contributed by atoms with E-state index in [-0.39, 0.29) is 0 Å². The Balaban J connectivity index is 1.67. The Morgan fingerprint density at radius 2 is 1.88 bits per heavy atom. The van der Waals surface area contributed by atoms with Crippen LogP contribution in [-0.4, -0.2) is 23.8 Å². The highest BCUT2D eigenvalue weighted by atomic mass is 16.3. The van der Waals surface area contributed by atoms with Crippen LogP contribution in [0.15, 0.2) is 12.2 Å². The van der Waals surface area contributed by atoms with Crippen LogP contribution < -0.4 is 5.32 Å². The fraction of sp³-hybridized carbons (Fsp3) is 0.867. The molecule has 0 aliphatic heterocycles. The van der Waals surface area contributed by atoms with E-state index >= 15 is 0 Å². The lowest BCUT2D eigenvalue weighted by molar-refractivity contribution is 0.0245. The third-order valence-corrected chi connectivity index (χ3v) is 4.30. The average Bonchev–Trinajstić information content (AvgIpc) is 2.56. The fourth-order valence-electron chi connectivity index (χ4n) is 3.11. The Kier molecular flexibility index (Phi) is 5.05. The lowest BCUT2D eigenvalue weighted by atomic mass is 9.92. The molecule has 2 N–H and O–H groups in total. The van der Waals surface area contributed by atoms with Crippen LogP contribution in [0.25, 0.3) is 0 Å². The van der Waals surface area contributed by atoms with Crippen molar-refractivity contribution in [2.75, 3.05) is 13.1 Å². The molecule has 0 aromatic heterocycles. The second kappa shape index (κ2) is 6.55. The van der Waals surface area contributed by atoms with Crippen LogP contribution in [0.3, 0.4) is 0 Å². The molecule has 0 aromatic carbocycles. The van der Waals surface area contributed by atoms with Crippen molar-refractivity contribution in [2.45, 2.75) is 63.4 Å². The third kappa shape index (κ3) is 4.44. The van der Waals surface area contributed by atoms with Crippen molar-refractivity contribution in [1.82, 2.24) is 5.32 Å². The van der Waals surface area contributed by atoms with Crippen molar-refractivity contribution in [3.8, 4) is 0 Å². The summed E-state index contributed by atoms with van der Waals surface area (Å²) in [5.41, 5.74) is -0.416. The summed E-state index contributed by atoms with van der Waals surface area (Å²) in [6.07, 6.45) is 15.3. The first-order valence-electron chi connectivity index (χ1n) is 7.37. The molecule has 0 radical (unpaired) electrons. The number of allylic oxidation sites excluding steroid dienone is 2. The van der Waals surface area contributed by atoms with E-state index in [9.17, 15) is 5.11 Å². The van der Waals surface area contributed by atoms with Gasteiger partial charge in [0, 0.05) is 6.54 Å². The van der Waals surface area contributed by atoms with Crippen molar-refractivity contribution in [2.24, 2.45) is 5.92 Å². The predicted molar refractivity (Wildman–Crippen MR) is 72.0 cm³/mol. The summed E-state index contributed by atoms with van der Waals surface area (Å²) in [5, 5.41) is 14.0. The maximum atomic E-state index is 10.5. The zero-order chi connectivity index (χ0) is 12.0. The van der Waals surface area contributed by atoms with Gasteiger partial charge in [-0.25, -0.2) is 0 Å². The Morgan fingerprint density at radius 3 is 2.53 bits per heavy atom. The van der Waals surface area contributed by atoms with Gasteiger partial charge in [-0.3, -0.25) is 0 Å². The molecule has 2 heteroatoms. The van der Waals surface area contributed by atoms with Crippen LogP contribution in [0, 0.1) is 5.92 Å². The van der Waals surface area contributed by atoms with Gasteiger partial charge in [0.2, 0.25) is 0 Å². The standard InChI is InChI=1S/C15H27NO/c17-15(10-6-1-2-7-11-15)13-16-12-14-8-4-3-5-9-14/h3-4,14,16-17H,1-2,5-13H2. The molecule has 1 atom stereocenters. The molecule has 0 heterocycles. The highest BCUT2D eigenvalue weighted by molar-refractivity contribution is 4.91. The first kappa shape index (κ1) is 13.1. The molecule has 1 fully saturated rings. The van der Waals surface area contributed by atoms with Crippen molar-refractivity contribution in [3.63, 3.8) is 0 Å². The van der Waals surface area contributed by atoms with Gasteiger partial charge in [-0.1, -0.05) is 37.8 Å². The number of rotatable bonds is 4. The first-order valence-corrected chi connectivity index (χ1v) is 7.37. The summed E-state index contributed by atoms with van der Waals surface area (Å²) in [5.74, 6) is 0.786. The van der Waals surface area contributed by atoms with Crippen LogP contribution in [-0.2, 0) is 0 Å². The summed E-state index contributed by atoms with van der Waals surface area (Å²) in [6, 6.07) is 0. The minimum Gasteiger partial charge on any atom is -0.389 e. The van der Waals surface area contributed by atoms with Gasteiger partial charge < -0.3 is 10.4 Å². The molecule has 2 rings (SSSR count). The Morgan fingerprint density at radius 1 is 1.12 bits per heavy atom. The van der Waals surface area contributed by atoms with Gasteiger partial charge in [0.1, 0.15) is 0 Å². The molecule has 0 saturated heterocycles. The molecule has 1 unspecified atom stereocenters. The van der Waals surface area contributed by atoms with E-state index in [1.165, 1.54) is 44.9 Å². The lowest BCUT2D eigenvalue weighted by Gasteiger charge is -2.28. The lowest BCUT2D eigenvalue weighted by Crippen LogP contribution is -2.41. The van der Waals surface area contributed by atoms with E-state index in [2.05, 4.69) is 17.5 Å². The summed E-state index contributed by atoms with van der Waals surface area (Å²) in [6.45, 7) is 1.87. The molecule has 2 aliphatic carbocycles. The smallest absolute Gasteiger partial charge is 0.0771 e. The largest absolute Gasteiger partial charge is 0.389 e. The van der Waals surface area contributed by atoms with Crippen molar-refractivity contribution < 1.29 is 5.11 Å². The molecule has 98 valence electrons. The van der Waals surface area contributed by atoms with Gasteiger partial charge in [-0.05, 0) is 44.6 Å². The second-order valence-electron chi connectivity index (χ2n) is 5.92. The van der Waals surface area contributed by atoms with E-state index in [1.807, 2.05) is 0 Å². The number of aliphatic hydroxyl groups is 1. The van der Waals surface area contributed by atoms with Gasteiger partial charge >= 0.3 is 0 Å². The first-order chi connectivity index (χ1) is 8.29. The number of nitrogens with one attached hydrogen (secondary N) is 1. The molecule has 0 spiro atoms. The zero-order valence-corrected chi connectivity index (χ0v) is 11.0. The van der Waals surface area contributed by atoms with Gasteiger partial charge in [-0.15, -0.1) is 0 Å². The van der Waals surface area contributed by atoms with Crippen LogP contribution in [0.4, 0.5) is 0 Å². The number of hydrogen-bond donors (Lipinski definition) is 2.